The van der Waals surface area contributed by atoms with Crippen LogP contribution in [0, 0.1) is 19.8 Å². The van der Waals surface area contributed by atoms with Crippen molar-refractivity contribution in [3.8, 4) is 0 Å². The normalized spacial score (nSPS) is 21.4. The van der Waals surface area contributed by atoms with Crippen molar-refractivity contribution >= 4 is 17.6 Å². The van der Waals surface area contributed by atoms with Gasteiger partial charge in [0.1, 0.15) is 17.3 Å². The van der Waals surface area contributed by atoms with Gasteiger partial charge in [0.2, 0.25) is 5.91 Å². The molecule has 0 unspecified atom stereocenters. The fourth-order valence-electron chi connectivity index (χ4n) is 5.42. The molecular weight excluding hydrogens is 416 g/mol. The third-order valence-electron chi connectivity index (χ3n) is 7.36. The molecule has 2 aromatic heterocycles. The number of fused-ring (bicyclic) bond motifs is 1. The van der Waals surface area contributed by atoms with E-state index in [2.05, 4.69) is 9.97 Å². The summed E-state index contributed by atoms with van der Waals surface area (Å²) in [7, 11) is 0. The fraction of sp³-hybridized carbons (Fsp3) is 0.600. The van der Waals surface area contributed by atoms with Gasteiger partial charge in [-0.1, -0.05) is 19.3 Å². The Bertz CT molecular complexity index is 1050. The van der Waals surface area contributed by atoms with Gasteiger partial charge in [0.25, 0.3) is 5.91 Å². The second kappa shape index (κ2) is 9.15. The minimum atomic E-state index is -0.103. The van der Waals surface area contributed by atoms with E-state index in [-0.39, 0.29) is 17.7 Å². The standard InChI is InChI=1S/C25H32N6O2/c1-16-12-27-21(13-26-16)25(33)30-11-10-19(15-30)23-28-17(2)20-8-9-22(32)31(24(20)29-23)14-18-6-4-3-5-7-18/h12-13,18-19H,3-11,14-15H2,1-2H3/t19-/m1/s1. The van der Waals surface area contributed by atoms with E-state index in [4.69, 9.17) is 9.97 Å². The van der Waals surface area contributed by atoms with Crippen LogP contribution in [-0.4, -0.2) is 56.3 Å². The lowest BCUT2D eigenvalue weighted by Crippen LogP contribution is -2.40. The molecule has 0 radical (unpaired) electrons. The number of amides is 2. The molecule has 8 nitrogen and oxygen atoms in total. The maximum atomic E-state index is 12.9. The summed E-state index contributed by atoms with van der Waals surface area (Å²) in [6.07, 6.45) is 11.4. The van der Waals surface area contributed by atoms with E-state index < -0.39 is 0 Å². The van der Waals surface area contributed by atoms with Gasteiger partial charge in [-0.2, -0.15) is 0 Å². The highest BCUT2D eigenvalue weighted by atomic mass is 16.2. The quantitative estimate of drug-likeness (QED) is 0.712. The van der Waals surface area contributed by atoms with Crippen LogP contribution < -0.4 is 4.90 Å². The van der Waals surface area contributed by atoms with Crippen LogP contribution in [-0.2, 0) is 11.2 Å². The second-order valence-electron chi connectivity index (χ2n) is 9.76. The van der Waals surface area contributed by atoms with E-state index in [1.54, 1.807) is 12.4 Å². The molecule has 0 N–H and O–H groups in total. The van der Waals surface area contributed by atoms with Crippen LogP contribution >= 0.6 is 0 Å². The van der Waals surface area contributed by atoms with Crippen molar-refractivity contribution in [3.05, 3.63) is 40.9 Å². The molecule has 0 spiro atoms. The molecule has 2 aromatic rings. The molecule has 1 aliphatic carbocycles. The van der Waals surface area contributed by atoms with Crippen molar-refractivity contribution in [2.45, 2.75) is 71.1 Å². The lowest BCUT2D eigenvalue weighted by Gasteiger charge is -2.33. The molecule has 5 rings (SSSR count). The Balaban J connectivity index is 1.36. The number of aromatic nitrogens is 4. The number of hydrogen-bond acceptors (Lipinski definition) is 6. The van der Waals surface area contributed by atoms with Gasteiger partial charge >= 0.3 is 0 Å². The van der Waals surface area contributed by atoms with E-state index in [1.165, 1.54) is 32.1 Å². The summed E-state index contributed by atoms with van der Waals surface area (Å²) in [5.41, 5.74) is 3.23. The van der Waals surface area contributed by atoms with Crippen molar-refractivity contribution in [1.82, 2.24) is 24.8 Å². The van der Waals surface area contributed by atoms with E-state index in [1.807, 2.05) is 23.6 Å². The van der Waals surface area contributed by atoms with Crippen LogP contribution in [0.15, 0.2) is 12.4 Å². The Morgan fingerprint density at radius 3 is 2.61 bits per heavy atom. The molecule has 3 aliphatic rings. The molecule has 1 saturated heterocycles. The van der Waals surface area contributed by atoms with Crippen molar-refractivity contribution in [1.29, 1.82) is 0 Å². The Labute approximate surface area is 194 Å². The molecule has 0 bridgehead atoms. The first-order valence-corrected chi connectivity index (χ1v) is 12.3. The average Bonchev–Trinajstić information content (AvgIpc) is 3.32. The number of aryl methyl sites for hydroxylation is 2. The van der Waals surface area contributed by atoms with E-state index in [0.717, 1.165) is 41.6 Å². The Kier molecular flexibility index (Phi) is 6.08. The number of likely N-dealkylation sites (tertiary alicyclic amines) is 1. The molecule has 4 heterocycles. The first-order valence-electron chi connectivity index (χ1n) is 12.3. The SMILES string of the molecule is Cc1cnc(C(=O)N2CC[C@@H](c3nc(C)c4c(n3)N(CC3CCCCC3)C(=O)CC4)C2)cn1. The zero-order valence-electron chi connectivity index (χ0n) is 19.6. The Hall–Kier alpha value is -2.90. The van der Waals surface area contributed by atoms with Gasteiger partial charge in [-0.15, -0.1) is 0 Å². The van der Waals surface area contributed by atoms with E-state index in [0.29, 0.717) is 37.5 Å². The molecular formula is C25H32N6O2. The van der Waals surface area contributed by atoms with Crippen LogP contribution in [0.2, 0.25) is 0 Å². The number of nitrogens with zero attached hydrogens (tertiary/aromatic N) is 6. The van der Waals surface area contributed by atoms with Crippen LogP contribution in [0.1, 0.15) is 84.1 Å². The van der Waals surface area contributed by atoms with Crippen LogP contribution in [0.3, 0.4) is 0 Å². The van der Waals surface area contributed by atoms with Crippen molar-refractivity contribution in [2.75, 3.05) is 24.5 Å². The number of carbonyl (C=O) groups is 2. The maximum absolute atomic E-state index is 12.9. The van der Waals surface area contributed by atoms with Crippen LogP contribution in [0.4, 0.5) is 5.82 Å². The van der Waals surface area contributed by atoms with Crippen LogP contribution in [0.25, 0.3) is 0 Å². The van der Waals surface area contributed by atoms with E-state index >= 15 is 0 Å². The molecule has 2 amide bonds. The van der Waals surface area contributed by atoms with Crippen LogP contribution in [0.5, 0.6) is 0 Å². The molecule has 174 valence electrons. The number of hydrogen-bond donors (Lipinski definition) is 0. The molecule has 0 aromatic carbocycles. The van der Waals surface area contributed by atoms with Gasteiger partial charge in [-0.05, 0) is 45.4 Å². The topological polar surface area (TPSA) is 92.2 Å². The Morgan fingerprint density at radius 1 is 1.03 bits per heavy atom. The highest BCUT2D eigenvalue weighted by Gasteiger charge is 2.34. The maximum Gasteiger partial charge on any atom is 0.274 e. The minimum absolute atomic E-state index is 0.0601. The zero-order chi connectivity index (χ0) is 22.9. The minimum Gasteiger partial charge on any atom is -0.337 e. The first-order chi connectivity index (χ1) is 16.0. The largest absolute Gasteiger partial charge is 0.337 e. The number of anilines is 1. The van der Waals surface area contributed by atoms with Gasteiger partial charge in [0.15, 0.2) is 0 Å². The Morgan fingerprint density at radius 2 is 1.85 bits per heavy atom. The summed E-state index contributed by atoms with van der Waals surface area (Å²) in [4.78, 5) is 47.8. The molecule has 1 saturated carbocycles. The third kappa shape index (κ3) is 4.48. The van der Waals surface area contributed by atoms with Crippen molar-refractivity contribution in [2.24, 2.45) is 5.92 Å². The van der Waals surface area contributed by atoms with E-state index in [9.17, 15) is 9.59 Å². The van der Waals surface area contributed by atoms with Gasteiger partial charge in [-0.3, -0.25) is 19.5 Å². The van der Waals surface area contributed by atoms with Gasteiger partial charge in [0.05, 0.1) is 11.9 Å². The van der Waals surface area contributed by atoms with Crippen molar-refractivity contribution in [3.63, 3.8) is 0 Å². The molecule has 8 heteroatoms. The average molecular weight is 449 g/mol. The number of carbonyl (C=O) groups excluding carboxylic acids is 2. The zero-order valence-corrected chi connectivity index (χ0v) is 19.6. The predicted molar refractivity (Wildman–Crippen MR) is 124 cm³/mol. The monoisotopic (exact) mass is 448 g/mol. The summed E-state index contributed by atoms with van der Waals surface area (Å²) in [5, 5.41) is 0. The lowest BCUT2D eigenvalue weighted by molar-refractivity contribution is -0.119. The summed E-state index contributed by atoms with van der Waals surface area (Å²) in [6.45, 7) is 5.85. The van der Waals surface area contributed by atoms with Gasteiger partial charge in [0, 0.05) is 49.4 Å². The number of rotatable bonds is 4. The van der Waals surface area contributed by atoms with Gasteiger partial charge < -0.3 is 4.90 Å². The summed E-state index contributed by atoms with van der Waals surface area (Å²) in [5.74, 6) is 2.26. The lowest BCUT2D eigenvalue weighted by atomic mass is 9.88. The van der Waals surface area contributed by atoms with Gasteiger partial charge in [-0.25, -0.2) is 15.0 Å². The molecule has 33 heavy (non-hydrogen) atoms. The third-order valence-corrected chi connectivity index (χ3v) is 7.36. The molecule has 2 fully saturated rings. The fourth-order valence-corrected chi connectivity index (χ4v) is 5.42. The predicted octanol–water partition coefficient (Wildman–Crippen LogP) is 3.37. The summed E-state index contributed by atoms with van der Waals surface area (Å²) >= 11 is 0. The highest BCUT2D eigenvalue weighted by Crippen LogP contribution is 2.34. The first kappa shape index (κ1) is 21.9. The summed E-state index contributed by atoms with van der Waals surface area (Å²) < 4.78 is 0. The summed E-state index contributed by atoms with van der Waals surface area (Å²) in [6, 6.07) is 0. The van der Waals surface area contributed by atoms with Crippen molar-refractivity contribution < 1.29 is 9.59 Å². The highest BCUT2D eigenvalue weighted by molar-refractivity contribution is 5.95. The smallest absolute Gasteiger partial charge is 0.274 e. The molecule has 1 atom stereocenters. The molecule has 2 aliphatic heterocycles. The second-order valence-corrected chi connectivity index (χ2v) is 9.76.